The molecule has 0 bridgehead atoms. The minimum absolute atomic E-state index is 0.239. The van der Waals surface area contributed by atoms with Crippen LogP contribution < -0.4 is 9.47 Å². The summed E-state index contributed by atoms with van der Waals surface area (Å²) in [6.45, 7) is 4.98. The quantitative estimate of drug-likeness (QED) is 0.932. The van der Waals surface area contributed by atoms with Gasteiger partial charge in [-0.15, -0.1) is 0 Å². The van der Waals surface area contributed by atoms with E-state index in [-0.39, 0.29) is 5.92 Å². The highest BCUT2D eigenvalue weighted by Crippen LogP contribution is 2.34. The third kappa shape index (κ3) is 2.88. The largest absolute Gasteiger partial charge is 0.493 e. The average Bonchev–Trinajstić information content (AvgIpc) is 2.88. The molecule has 0 fully saturated rings. The van der Waals surface area contributed by atoms with E-state index < -0.39 is 6.10 Å². The van der Waals surface area contributed by atoms with Crippen molar-refractivity contribution in [3.8, 4) is 11.5 Å². The lowest BCUT2D eigenvalue weighted by Gasteiger charge is -2.16. The van der Waals surface area contributed by atoms with Gasteiger partial charge in [0.05, 0.1) is 25.2 Å². The molecule has 0 amide bonds. The predicted octanol–water partition coefficient (Wildman–Crippen LogP) is 3.60. The van der Waals surface area contributed by atoms with Crippen molar-refractivity contribution in [2.75, 3.05) is 13.2 Å². The number of hydrogen-bond donors (Lipinski definition) is 1. The fourth-order valence-electron chi connectivity index (χ4n) is 2.67. The van der Waals surface area contributed by atoms with Gasteiger partial charge < -0.3 is 14.6 Å². The first-order valence-corrected chi connectivity index (χ1v) is 7.28. The summed E-state index contributed by atoms with van der Waals surface area (Å²) < 4.78 is 11.7. The van der Waals surface area contributed by atoms with E-state index in [1.165, 1.54) is 5.56 Å². The van der Waals surface area contributed by atoms with Gasteiger partial charge in [0.2, 0.25) is 0 Å². The molecule has 1 unspecified atom stereocenters. The molecule has 1 aliphatic rings. The summed E-state index contributed by atoms with van der Waals surface area (Å²) in [7, 11) is 0. The Balaban J connectivity index is 1.76. The molecule has 2 aromatic rings. The van der Waals surface area contributed by atoms with Crippen molar-refractivity contribution >= 4 is 0 Å². The van der Waals surface area contributed by atoms with Gasteiger partial charge in [0, 0.05) is 11.1 Å². The molecule has 0 aromatic heterocycles. The van der Waals surface area contributed by atoms with Crippen LogP contribution in [0.5, 0.6) is 11.5 Å². The maximum absolute atomic E-state index is 9.84. The number of aliphatic hydroxyl groups is 1. The molecule has 0 aliphatic carbocycles. The van der Waals surface area contributed by atoms with Crippen LogP contribution >= 0.6 is 0 Å². The lowest BCUT2D eigenvalue weighted by atomic mass is 10.0. The zero-order valence-corrected chi connectivity index (χ0v) is 12.4. The van der Waals surface area contributed by atoms with Crippen LogP contribution in [0.3, 0.4) is 0 Å². The van der Waals surface area contributed by atoms with E-state index in [0.717, 1.165) is 22.6 Å². The van der Waals surface area contributed by atoms with Gasteiger partial charge in [-0.2, -0.15) is 0 Å². The highest BCUT2D eigenvalue weighted by Gasteiger charge is 2.24. The molecule has 3 rings (SSSR count). The molecule has 0 radical (unpaired) electrons. The second kappa shape index (κ2) is 5.78. The molecule has 1 N–H and O–H groups in total. The van der Waals surface area contributed by atoms with E-state index >= 15 is 0 Å². The lowest BCUT2D eigenvalue weighted by Crippen LogP contribution is -2.13. The minimum atomic E-state index is -0.535. The molecule has 110 valence electrons. The van der Waals surface area contributed by atoms with Crippen LogP contribution in [-0.2, 0) is 0 Å². The van der Waals surface area contributed by atoms with Gasteiger partial charge in [-0.1, -0.05) is 30.3 Å². The number of ether oxygens (including phenoxy) is 2. The Bertz CT molecular complexity index is 634. The Kier molecular flexibility index (Phi) is 3.84. The van der Waals surface area contributed by atoms with Crippen molar-refractivity contribution in [1.29, 1.82) is 0 Å². The number of benzene rings is 2. The standard InChI is InChI=1S/C18H20O3/c1-12-7-8-15(13(2)19)18(9-12)21-11-14-10-20-17-6-4-3-5-16(14)17/h3-9,13-14,19H,10-11H2,1-2H3/t13-,14?/m0/s1. The first-order chi connectivity index (χ1) is 10.1. The van der Waals surface area contributed by atoms with Crippen LogP contribution in [0.2, 0.25) is 0 Å². The number of aliphatic hydroxyl groups excluding tert-OH is 1. The normalized spacial score (nSPS) is 18.0. The summed E-state index contributed by atoms with van der Waals surface area (Å²) in [4.78, 5) is 0. The Hall–Kier alpha value is -2.00. The Morgan fingerprint density at radius 2 is 2.10 bits per heavy atom. The van der Waals surface area contributed by atoms with Gasteiger partial charge in [-0.3, -0.25) is 0 Å². The number of para-hydroxylation sites is 1. The molecule has 0 saturated heterocycles. The molecule has 0 saturated carbocycles. The van der Waals surface area contributed by atoms with E-state index in [1.807, 2.05) is 43.3 Å². The lowest BCUT2D eigenvalue weighted by molar-refractivity contribution is 0.187. The van der Waals surface area contributed by atoms with E-state index in [1.54, 1.807) is 6.92 Å². The van der Waals surface area contributed by atoms with Gasteiger partial charge in [0.1, 0.15) is 11.5 Å². The summed E-state index contributed by atoms with van der Waals surface area (Å²) >= 11 is 0. The highest BCUT2D eigenvalue weighted by atomic mass is 16.5. The molecule has 1 aliphatic heterocycles. The molecule has 3 nitrogen and oxygen atoms in total. The molecule has 3 heteroatoms. The van der Waals surface area contributed by atoms with Gasteiger partial charge in [-0.05, 0) is 31.5 Å². The molecule has 0 spiro atoms. The summed E-state index contributed by atoms with van der Waals surface area (Å²) in [5.41, 5.74) is 3.15. The SMILES string of the molecule is Cc1ccc([C@H](C)O)c(OCC2COc3ccccc32)c1. The van der Waals surface area contributed by atoms with Gasteiger partial charge in [-0.25, -0.2) is 0 Å². The van der Waals surface area contributed by atoms with Crippen LogP contribution in [0.25, 0.3) is 0 Å². The van der Waals surface area contributed by atoms with Crippen molar-refractivity contribution in [2.24, 2.45) is 0 Å². The van der Waals surface area contributed by atoms with Gasteiger partial charge in [0.15, 0.2) is 0 Å². The summed E-state index contributed by atoms with van der Waals surface area (Å²) in [5.74, 6) is 1.95. The van der Waals surface area contributed by atoms with Crippen molar-refractivity contribution in [3.05, 3.63) is 59.2 Å². The van der Waals surface area contributed by atoms with Crippen molar-refractivity contribution in [1.82, 2.24) is 0 Å². The van der Waals surface area contributed by atoms with Crippen molar-refractivity contribution < 1.29 is 14.6 Å². The number of hydrogen-bond acceptors (Lipinski definition) is 3. The fourth-order valence-corrected chi connectivity index (χ4v) is 2.67. The molecule has 2 aromatic carbocycles. The average molecular weight is 284 g/mol. The van der Waals surface area contributed by atoms with E-state index in [9.17, 15) is 5.11 Å². The second-order valence-corrected chi connectivity index (χ2v) is 5.57. The molecule has 21 heavy (non-hydrogen) atoms. The Morgan fingerprint density at radius 1 is 1.29 bits per heavy atom. The fraction of sp³-hybridized carbons (Fsp3) is 0.333. The first-order valence-electron chi connectivity index (χ1n) is 7.28. The zero-order valence-electron chi connectivity index (χ0n) is 12.4. The third-order valence-electron chi connectivity index (χ3n) is 3.86. The van der Waals surface area contributed by atoms with E-state index in [2.05, 4.69) is 6.07 Å². The second-order valence-electron chi connectivity index (χ2n) is 5.57. The predicted molar refractivity (Wildman–Crippen MR) is 82.0 cm³/mol. The van der Waals surface area contributed by atoms with Crippen LogP contribution in [-0.4, -0.2) is 18.3 Å². The first kappa shape index (κ1) is 14.0. The highest BCUT2D eigenvalue weighted by molar-refractivity contribution is 5.41. The summed E-state index contributed by atoms with van der Waals surface area (Å²) in [5, 5.41) is 9.84. The number of fused-ring (bicyclic) bond motifs is 1. The smallest absolute Gasteiger partial charge is 0.125 e. The molecule has 1 heterocycles. The monoisotopic (exact) mass is 284 g/mol. The van der Waals surface area contributed by atoms with Crippen LogP contribution in [0, 0.1) is 6.92 Å². The summed E-state index contributed by atoms with van der Waals surface area (Å²) in [6.07, 6.45) is -0.535. The maximum atomic E-state index is 9.84. The Morgan fingerprint density at radius 3 is 2.90 bits per heavy atom. The molecular weight excluding hydrogens is 264 g/mol. The van der Waals surface area contributed by atoms with E-state index in [4.69, 9.17) is 9.47 Å². The summed E-state index contributed by atoms with van der Waals surface area (Å²) in [6, 6.07) is 14.0. The minimum Gasteiger partial charge on any atom is -0.493 e. The van der Waals surface area contributed by atoms with Gasteiger partial charge >= 0.3 is 0 Å². The Labute approximate surface area is 125 Å². The van der Waals surface area contributed by atoms with Crippen LogP contribution in [0.4, 0.5) is 0 Å². The molecule has 2 atom stereocenters. The van der Waals surface area contributed by atoms with Crippen molar-refractivity contribution in [3.63, 3.8) is 0 Å². The molecular formula is C18H20O3. The maximum Gasteiger partial charge on any atom is 0.125 e. The van der Waals surface area contributed by atoms with E-state index in [0.29, 0.717) is 13.2 Å². The van der Waals surface area contributed by atoms with Crippen molar-refractivity contribution in [2.45, 2.75) is 25.9 Å². The van der Waals surface area contributed by atoms with Crippen LogP contribution in [0.15, 0.2) is 42.5 Å². The number of rotatable bonds is 4. The topological polar surface area (TPSA) is 38.7 Å². The number of aryl methyl sites for hydroxylation is 1. The third-order valence-corrected chi connectivity index (χ3v) is 3.86. The van der Waals surface area contributed by atoms with Gasteiger partial charge in [0.25, 0.3) is 0 Å². The zero-order chi connectivity index (χ0) is 14.8. The van der Waals surface area contributed by atoms with Crippen LogP contribution in [0.1, 0.15) is 35.6 Å².